The van der Waals surface area contributed by atoms with Gasteiger partial charge in [-0.05, 0) is 31.0 Å². The van der Waals surface area contributed by atoms with Gasteiger partial charge in [0, 0.05) is 10.5 Å². The molecular weight excluding hydrogens is 332 g/mol. The van der Waals surface area contributed by atoms with Crippen molar-refractivity contribution in [2.45, 2.75) is 42.7 Å². The largest absolute Gasteiger partial charge is 0.398 e. The molecule has 0 amide bonds. The first-order valence-electron chi connectivity index (χ1n) is 6.15. The highest BCUT2D eigenvalue weighted by molar-refractivity contribution is 9.10. The number of sulfonamides is 1. The number of rotatable bonds is 3. The van der Waals surface area contributed by atoms with Crippen LogP contribution in [-0.4, -0.2) is 25.7 Å². The van der Waals surface area contributed by atoms with E-state index in [1.165, 1.54) is 6.07 Å². The Morgan fingerprint density at radius 2 is 2.00 bits per heavy atom. The average molecular weight is 349 g/mol. The highest BCUT2D eigenvalue weighted by Crippen LogP contribution is 2.25. The third kappa shape index (κ3) is 3.47. The van der Waals surface area contributed by atoms with Crippen LogP contribution in [0.5, 0.6) is 0 Å². The zero-order valence-electron chi connectivity index (χ0n) is 10.3. The SMILES string of the molecule is Nc1cc(Br)ccc1S(=O)(=O)N[C@H]1CCCC[C@@H]1O. The van der Waals surface area contributed by atoms with Gasteiger partial charge in [0.25, 0.3) is 0 Å². The first-order valence-corrected chi connectivity index (χ1v) is 8.43. The van der Waals surface area contributed by atoms with Crippen LogP contribution in [0.1, 0.15) is 25.7 Å². The summed E-state index contributed by atoms with van der Waals surface area (Å²) in [6, 6.07) is 4.20. The second-order valence-electron chi connectivity index (χ2n) is 4.76. The summed E-state index contributed by atoms with van der Waals surface area (Å²) in [5.74, 6) is 0. The van der Waals surface area contributed by atoms with Gasteiger partial charge in [0.05, 0.1) is 11.8 Å². The second kappa shape index (κ2) is 5.78. The van der Waals surface area contributed by atoms with Crippen LogP contribution in [0.25, 0.3) is 0 Å². The van der Waals surface area contributed by atoms with Gasteiger partial charge in [0.15, 0.2) is 0 Å². The van der Waals surface area contributed by atoms with E-state index < -0.39 is 22.2 Å². The monoisotopic (exact) mass is 348 g/mol. The second-order valence-corrected chi connectivity index (χ2v) is 7.36. The molecule has 1 fully saturated rings. The maximum Gasteiger partial charge on any atom is 0.242 e. The summed E-state index contributed by atoms with van der Waals surface area (Å²) >= 11 is 3.24. The molecule has 5 nitrogen and oxygen atoms in total. The summed E-state index contributed by atoms with van der Waals surface area (Å²) in [5, 5.41) is 9.83. The van der Waals surface area contributed by atoms with E-state index >= 15 is 0 Å². The summed E-state index contributed by atoms with van der Waals surface area (Å²) in [6.07, 6.45) is 2.50. The van der Waals surface area contributed by atoms with Crippen molar-refractivity contribution in [3.63, 3.8) is 0 Å². The van der Waals surface area contributed by atoms with Crippen LogP contribution in [0.2, 0.25) is 0 Å². The number of hydrogen-bond donors (Lipinski definition) is 3. The van der Waals surface area contributed by atoms with Gasteiger partial charge in [0.2, 0.25) is 10.0 Å². The van der Waals surface area contributed by atoms with Gasteiger partial charge in [0.1, 0.15) is 4.90 Å². The van der Waals surface area contributed by atoms with Crippen molar-refractivity contribution in [3.8, 4) is 0 Å². The van der Waals surface area contributed by atoms with Crippen molar-refractivity contribution in [2.24, 2.45) is 0 Å². The summed E-state index contributed by atoms with van der Waals surface area (Å²) in [5.41, 5.74) is 5.92. The van der Waals surface area contributed by atoms with Crippen molar-refractivity contribution in [1.82, 2.24) is 4.72 Å². The van der Waals surface area contributed by atoms with Crippen LogP contribution in [-0.2, 0) is 10.0 Å². The number of aliphatic hydroxyl groups excluding tert-OH is 1. The lowest BCUT2D eigenvalue weighted by molar-refractivity contribution is 0.101. The maximum absolute atomic E-state index is 12.3. The van der Waals surface area contributed by atoms with Crippen LogP contribution in [0.15, 0.2) is 27.6 Å². The minimum absolute atomic E-state index is 0.0495. The lowest BCUT2D eigenvalue weighted by Gasteiger charge is -2.28. The van der Waals surface area contributed by atoms with Crippen LogP contribution in [0.3, 0.4) is 0 Å². The minimum atomic E-state index is -3.70. The molecule has 2 atom stereocenters. The molecule has 4 N–H and O–H groups in total. The quantitative estimate of drug-likeness (QED) is 0.723. The fourth-order valence-electron chi connectivity index (χ4n) is 2.28. The molecule has 1 aliphatic carbocycles. The molecule has 19 heavy (non-hydrogen) atoms. The number of nitrogen functional groups attached to an aromatic ring is 1. The fraction of sp³-hybridized carbons (Fsp3) is 0.500. The van der Waals surface area contributed by atoms with Crippen LogP contribution in [0.4, 0.5) is 5.69 Å². The number of anilines is 1. The predicted molar refractivity (Wildman–Crippen MR) is 77.1 cm³/mol. The Kier molecular flexibility index (Phi) is 4.50. The van der Waals surface area contributed by atoms with E-state index in [1.54, 1.807) is 12.1 Å². The highest BCUT2D eigenvalue weighted by atomic mass is 79.9. The first-order chi connectivity index (χ1) is 8.90. The number of nitrogens with one attached hydrogen (secondary N) is 1. The molecule has 1 aliphatic rings. The Labute approximate surface area is 121 Å². The number of aliphatic hydroxyl groups is 1. The normalized spacial score (nSPS) is 24.3. The number of hydrogen-bond acceptors (Lipinski definition) is 4. The molecule has 0 aliphatic heterocycles. The van der Waals surface area contributed by atoms with E-state index in [0.29, 0.717) is 12.8 Å². The zero-order valence-corrected chi connectivity index (χ0v) is 12.7. The van der Waals surface area contributed by atoms with Gasteiger partial charge in [-0.15, -0.1) is 0 Å². The van der Waals surface area contributed by atoms with Crippen LogP contribution < -0.4 is 10.5 Å². The van der Waals surface area contributed by atoms with Crippen molar-refractivity contribution < 1.29 is 13.5 Å². The van der Waals surface area contributed by atoms with Crippen molar-refractivity contribution in [1.29, 1.82) is 0 Å². The topological polar surface area (TPSA) is 92.4 Å². The molecule has 0 heterocycles. The summed E-state index contributed by atoms with van der Waals surface area (Å²) in [6.45, 7) is 0. The molecule has 7 heteroatoms. The fourth-order valence-corrected chi connectivity index (χ4v) is 4.07. The zero-order chi connectivity index (χ0) is 14.0. The number of nitrogens with two attached hydrogens (primary N) is 1. The van der Waals surface area contributed by atoms with Gasteiger partial charge in [-0.3, -0.25) is 0 Å². The Bertz CT molecular complexity index is 562. The van der Waals surface area contributed by atoms with Gasteiger partial charge >= 0.3 is 0 Å². The van der Waals surface area contributed by atoms with E-state index in [2.05, 4.69) is 20.7 Å². The molecule has 1 aromatic carbocycles. The van der Waals surface area contributed by atoms with Gasteiger partial charge < -0.3 is 10.8 Å². The minimum Gasteiger partial charge on any atom is -0.398 e. The van der Waals surface area contributed by atoms with Crippen LogP contribution in [0, 0.1) is 0 Å². The molecule has 106 valence electrons. The van der Waals surface area contributed by atoms with E-state index in [4.69, 9.17) is 5.73 Å². The Morgan fingerprint density at radius 1 is 1.32 bits per heavy atom. The molecule has 0 spiro atoms. The molecule has 0 bridgehead atoms. The maximum atomic E-state index is 12.3. The number of benzene rings is 1. The third-order valence-electron chi connectivity index (χ3n) is 3.30. The Balaban J connectivity index is 2.22. The summed E-state index contributed by atoms with van der Waals surface area (Å²) in [7, 11) is -3.70. The molecule has 0 radical (unpaired) electrons. The molecule has 1 saturated carbocycles. The van der Waals surface area contributed by atoms with Crippen LogP contribution >= 0.6 is 15.9 Å². The van der Waals surface area contributed by atoms with E-state index in [1.807, 2.05) is 0 Å². The molecule has 0 aromatic heterocycles. The number of halogens is 1. The lowest BCUT2D eigenvalue weighted by atomic mass is 9.93. The Hall–Kier alpha value is -0.630. The van der Waals surface area contributed by atoms with Gasteiger partial charge in [-0.1, -0.05) is 28.8 Å². The van der Waals surface area contributed by atoms with Gasteiger partial charge in [-0.25, -0.2) is 13.1 Å². The summed E-state index contributed by atoms with van der Waals surface area (Å²) in [4.78, 5) is 0.0495. The predicted octanol–water partition coefficient (Wildman–Crippen LogP) is 1.61. The van der Waals surface area contributed by atoms with Gasteiger partial charge in [-0.2, -0.15) is 0 Å². The molecule has 1 aromatic rings. The first kappa shape index (κ1) is 14.8. The Morgan fingerprint density at radius 3 is 2.63 bits per heavy atom. The highest BCUT2D eigenvalue weighted by Gasteiger charge is 2.28. The standard InChI is InChI=1S/C12H17BrN2O3S/c13-8-5-6-12(9(14)7-8)19(17,18)15-10-3-1-2-4-11(10)16/h5-7,10-11,15-16H,1-4,14H2/t10-,11-/m0/s1. The lowest BCUT2D eigenvalue weighted by Crippen LogP contribution is -2.45. The van der Waals surface area contributed by atoms with Crippen molar-refractivity contribution in [3.05, 3.63) is 22.7 Å². The molecular formula is C12H17BrN2O3S. The van der Waals surface area contributed by atoms with E-state index in [-0.39, 0.29) is 10.6 Å². The van der Waals surface area contributed by atoms with E-state index in [9.17, 15) is 13.5 Å². The smallest absolute Gasteiger partial charge is 0.242 e. The molecule has 0 unspecified atom stereocenters. The third-order valence-corrected chi connectivity index (χ3v) is 5.35. The van der Waals surface area contributed by atoms with Crippen molar-refractivity contribution in [2.75, 3.05) is 5.73 Å². The molecule has 0 saturated heterocycles. The summed E-state index contributed by atoms with van der Waals surface area (Å²) < 4.78 is 27.8. The molecule has 2 rings (SSSR count). The van der Waals surface area contributed by atoms with Crippen molar-refractivity contribution >= 4 is 31.6 Å². The average Bonchev–Trinajstić information content (AvgIpc) is 2.31. The van der Waals surface area contributed by atoms with E-state index in [0.717, 1.165) is 17.3 Å².